The first kappa shape index (κ1) is 16.8. The van der Waals surface area contributed by atoms with E-state index < -0.39 is 8.56 Å². The molecule has 0 rings (SSSR count). The van der Waals surface area contributed by atoms with Gasteiger partial charge >= 0.3 is 8.56 Å². The highest BCUT2D eigenvalue weighted by atomic mass is 28.4. The zero-order chi connectivity index (χ0) is 13.3. The fourth-order valence-corrected chi connectivity index (χ4v) is 4.03. The Hall–Kier alpha value is -0.193. The van der Waals surface area contributed by atoms with E-state index in [-0.39, 0.29) is 0 Å². The third-order valence-electron chi connectivity index (χ3n) is 2.89. The van der Waals surface area contributed by atoms with E-state index in [1.807, 2.05) is 13.8 Å². The third-order valence-corrected chi connectivity index (χ3v) is 5.95. The maximum atomic E-state index is 5.79. The van der Waals surface area contributed by atoms with Crippen LogP contribution in [-0.2, 0) is 8.85 Å². The fraction of sp³-hybridized carbons (Fsp3) is 0.923. The topological polar surface area (TPSA) is 30.8 Å². The predicted molar refractivity (Wildman–Crippen MR) is 77.1 cm³/mol. The van der Waals surface area contributed by atoms with E-state index >= 15 is 0 Å². The minimum atomic E-state index is -1.92. The average molecular weight is 259 g/mol. The van der Waals surface area contributed by atoms with Gasteiger partial charge in [-0.1, -0.05) is 13.8 Å². The van der Waals surface area contributed by atoms with Gasteiger partial charge in [-0.15, -0.1) is 0 Å². The van der Waals surface area contributed by atoms with Crippen molar-refractivity contribution in [3.8, 4) is 0 Å². The first-order chi connectivity index (χ1) is 7.95. The van der Waals surface area contributed by atoms with Crippen LogP contribution in [0.5, 0.6) is 0 Å². The molecule has 0 heterocycles. The lowest BCUT2D eigenvalue weighted by atomic mass is 10.1. The van der Waals surface area contributed by atoms with E-state index in [4.69, 9.17) is 8.85 Å². The van der Waals surface area contributed by atoms with Crippen molar-refractivity contribution in [2.75, 3.05) is 19.8 Å². The fourth-order valence-electron chi connectivity index (χ4n) is 1.63. The molecule has 102 valence electrons. The molecule has 0 fully saturated rings. The Morgan fingerprint density at radius 1 is 1.18 bits per heavy atom. The number of hydrogen-bond acceptors (Lipinski definition) is 3. The molecular formula is C13H29NO2Si. The summed E-state index contributed by atoms with van der Waals surface area (Å²) in [6.07, 6.45) is 1.06. The van der Waals surface area contributed by atoms with Crippen molar-refractivity contribution in [1.29, 1.82) is 0 Å². The zero-order valence-electron chi connectivity index (χ0n) is 12.4. The van der Waals surface area contributed by atoms with Gasteiger partial charge in [-0.2, -0.15) is 0 Å². The van der Waals surface area contributed by atoms with Gasteiger partial charge in [0.15, 0.2) is 0 Å². The summed E-state index contributed by atoms with van der Waals surface area (Å²) >= 11 is 0. The Morgan fingerprint density at radius 3 is 2.12 bits per heavy atom. The molecule has 0 N–H and O–H groups in total. The van der Waals surface area contributed by atoms with E-state index in [1.165, 1.54) is 5.71 Å². The van der Waals surface area contributed by atoms with Crippen molar-refractivity contribution in [3.63, 3.8) is 0 Å². The van der Waals surface area contributed by atoms with Crippen molar-refractivity contribution >= 4 is 14.3 Å². The Bertz CT molecular complexity index is 223. The van der Waals surface area contributed by atoms with E-state index in [2.05, 4.69) is 32.3 Å². The second kappa shape index (κ2) is 8.83. The number of hydrogen-bond donors (Lipinski definition) is 0. The highest BCUT2D eigenvalue weighted by Gasteiger charge is 2.29. The second-order valence-electron chi connectivity index (χ2n) is 4.78. The Kier molecular flexibility index (Phi) is 8.73. The molecule has 0 atom stereocenters. The quantitative estimate of drug-likeness (QED) is 0.359. The summed E-state index contributed by atoms with van der Waals surface area (Å²) in [5.74, 6) is 0.553. The van der Waals surface area contributed by atoms with Crippen LogP contribution in [0.15, 0.2) is 4.99 Å². The average Bonchev–Trinajstić information content (AvgIpc) is 2.24. The van der Waals surface area contributed by atoms with E-state index in [0.717, 1.165) is 32.2 Å². The van der Waals surface area contributed by atoms with Crippen molar-refractivity contribution < 1.29 is 8.85 Å². The second-order valence-corrected chi connectivity index (χ2v) is 8.13. The van der Waals surface area contributed by atoms with Gasteiger partial charge in [0.05, 0.1) is 0 Å². The van der Waals surface area contributed by atoms with Crippen molar-refractivity contribution in [3.05, 3.63) is 0 Å². The van der Waals surface area contributed by atoms with Gasteiger partial charge < -0.3 is 8.85 Å². The molecule has 0 aliphatic rings. The van der Waals surface area contributed by atoms with Gasteiger partial charge in [0.2, 0.25) is 0 Å². The summed E-state index contributed by atoms with van der Waals surface area (Å²) in [7, 11) is -1.92. The van der Waals surface area contributed by atoms with Crippen molar-refractivity contribution in [2.45, 2.75) is 53.6 Å². The van der Waals surface area contributed by atoms with Gasteiger partial charge in [-0.3, -0.25) is 4.99 Å². The molecule has 0 unspecified atom stereocenters. The van der Waals surface area contributed by atoms with Gasteiger partial charge in [0, 0.05) is 25.5 Å². The van der Waals surface area contributed by atoms with Crippen LogP contribution < -0.4 is 0 Å². The Balaban J connectivity index is 4.02. The largest absolute Gasteiger partial charge is 0.395 e. The highest BCUT2D eigenvalue weighted by molar-refractivity contribution is 6.66. The molecule has 0 saturated heterocycles. The van der Waals surface area contributed by atoms with Crippen LogP contribution in [0, 0.1) is 5.92 Å². The van der Waals surface area contributed by atoms with Crippen molar-refractivity contribution in [1.82, 2.24) is 0 Å². The zero-order valence-corrected chi connectivity index (χ0v) is 13.4. The monoisotopic (exact) mass is 259 g/mol. The molecule has 0 spiro atoms. The van der Waals surface area contributed by atoms with Crippen LogP contribution in [0.1, 0.15) is 41.0 Å². The molecule has 0 aromatic carbocycles. The molecule has 0 aliphatic carbocycles. The summed E-state index contributed by atoms with van der Waals surface area (Å²) in [5, 5.41) is 0. The molecule has 17 heavy (non-hydrogen) atoms. The van der Waals surface area contributed by atoms with Crippen LogP contribution in [-0.4, -0.2) is 34.0 Å². The predicted octanol–water partition coefficient (Wildman–Crippen LogP) is 3.64. The molecule has 0 saturated carbocycles. The standard InChI is InChI=1S/C13H29NO2Si/c1-7-15-17(6,16-8-2)11-9-10-14-13(5)12(3)4/h12H,7-11H2,1-6H3. The summed E-state index contributed by atoms with van der Waals surface area (Å²) in [4.78, 5) is 4.57. The van der Waals surface area contributed by atoms with Crippen LogP contribution in [0.4, 0.5) is 0 Å². The summed E-state index contributed by atoms with van der Waals surface area (Å²) in [6.45, 7) is 15.1. The molecule has 3 nitrogen and oxygen atoms in total. The molecule has 0 aromatic heterocycles. The maximum absolute atomic E-state index is 5.79. The van der Waals surface area contributed by atoms with Gasteiger partial charge in [-0.25, -0.2) is 0 Å². The van der Waals surface area contributed by atoms with Gasteiger partial charge in [-0.05, 0) is 45.7 Å². The first-order valence-corrected chi connectivity index (χ1v) is 9.26. The summed E-state index contributed by atoms with van der Waals surface area (Å²) in [6, 6.07) is 1.03. The number of aliphatic imine (C=N–C) groups is 1. The summed E-state index contributed by atoms with van der Waals surface area (Å²) < 4.78 is 11.6. The molecule has 0 aromatic rings. The Morgan fingerprint density at radius 2 is 1.71 bits per heavy atom. The lowest BCUT2D eigenvalue weighted by molar-refractivity contribution is 0.188. The van der Waals surface area contributed by atoms with Crippen molar-refractivity contribution in [2.24, 2.45) is 10.9 Å². The van der Waals surface area contributed by atoms with Crippen LogP contribution in [0.2, 0.25) is 12.6 Å². The highest BCUT2D eigenvalue weighted by Crippen LogP contribution is 2.16. The molecular weight excluding hydrogens is 230 g/mol. The molecule has 0 aliphatic heterocycles. The molecule has 0 amide bonds. The lowest BCUT2D eigenvalue weighted by Gasteiger charge is -2.25. The van der Waals surface area contributed by atoms with E-state index in [0.29, 0.717) is 5.92 Å². The first-order valence-electron chi connectivity index (χ1n) is 6.74. The minimum Gasteiger partial charge on any atom is -0.395 e. The normalized spacial score (nSPS) is 13.5. The number of nitrogens with zero attached hydrogens (tertiary/aromatic N) is 1. The van der Waals surface area contributed by atoms with E-state index in [9.17, 15) is 0 Å². The van der Waals surface area contributed by atoms with Gasteiger partial charge in [0.1, 0.15) is 0 Å². The van der Waals surface area contributed by atoms with Crippen LogP contribution in [0.25, 0.3) is 0 Å². The molecule has 0 bridgehead atoms. The van der Waals surface area contributed by atoms with E-state index in [1.54, 1.807) is 0 Å². The smallest absolute Gasteiger partial charge is 0.334 e. The third kappa shape index (κ3) is 7.68. The van der Waals surface area contributed by atoms with Gasteiger partial charge in [0.25, 0.3) is 0 Å². The SMILES string of the molecule is CCO[Si](C)(CCCN=C(C)C(C)C)OCC. The van der Waals surface area contributed by atoms with Crippen LogP contribution >= 0.6 is 0 Å². The lowest BCUT2D eigenvalue weighted by Crippen LogP contribution is -2.38. The maximum Gasteiger partial charge on any atom is 0.334 e. The Labute approximate surface area is 108 Å². The molecule has 4 heteroatoms. The number of rotatable bonds is 9. The van der Waals surface area contributed by atoms with Crippen LogP contribution in [0.3, 0.4) is 0 Å². The minimum absolute atomic E-state index is 0.553. The summed E-state index contributed by atoms with van der Waals surface area (Å²) in [5.41, 5.74) is 1.24. The molecule has 0 radical (unpaired) electrons.